The molecule has 0 spiro atoms. The average Bonchev–Trinajstić information content (AvgIpc) is 2.89. The predicted octanol–water partition coefficient (Wildman–Crippen LogP) is 1.77. The van der Waals surface area contributed by atoms with Crippen LogP contribution in [0.2, 0.25) is 0 Å². The molecule has 3 nitrogen and oxygen atoms in total. The van der Waals surface area contributed by atoms with Crippen LogP contribution < -0.4 is 8.92 Å². The third kappa shape index (κ3) is 3.22. The number of hydrogen-bond donors (Lipinski definition) is 0. The fraction of sp³-hybridized carbons (Fsp3) is 0.222. The number of benzene rings is 2. The standard InChI is InChI=1S/C18H16N2OSe/c1-18(2)12-21-17(20-18)15-10-13(11-19)8-9-16(15)22-14-6-4-3-5-7-14/h3-10H,12H2,1-2H3. The molecule has 0 amide bonds. The van der Waals surface area contributed by atoms with Crippen molar-refractivity contribution >= 4 is 29.8 Å². The van der Waals surface area contributed by atoms with Gasteiger partial charge in [0.2, 0.25) is 0 Å². The first-order valence-corrected chi connectivity index (χ1v) is 8.79. The van der Waals surface area contributed by atoms with E-state index in [1.54, 1.807) is 0 Å². The maximum atomic E-state index is 9.16. The summed E-state index contributed by atoms with van der Waals surface area (Å²) in [5.41, 5.74) is 1.39. The van der Waals surface area contributed by atoms with Crippen LogP contribution in [0.5, 0.6) is 0 Å². The minimum absolute atomic E-state index is 0.156. The molecule has 0 N–H and O–H groups in total. The van der Waals surface area contributed by atoms with E-state index in [9.17, 15) is 0 Å². The fourth-order valence-electron chi connectivity index (χ4n) is 2.19. The van der Waals surface area contributed by atoms with Crippen LogP contribution in [-0.2, 0) is 4.74 Å². The number of rotatable bonds is 3. The molecule has 0 radical (unpaired) electrons. The monoisotopic (exact) mass is 356 g/mol. The van der Waals surface area contributed by atoms with Gasteiger partial charge in [-0.3, -0.25) is 0 Å². The molecule has 0 unspecified atom stereocenters. The molecule has 0 bridgehead atoms. The molecule has 0 saturated heterocycles. The predicted molar refractivity (Wildman–Crippen MR) is 89.2 cm³/mol. The topological polar surface area (TPSA) is 45.4 Å². The fourth-order valence-corrected chi connectivity index (χ4v) is 4.16. The van der Waals surface area contributed by atoms with Crippen LogP contribution in [0.15, 0.2) is 53.5 Å². The first-order chi connectivity index (χ1) is 10.6. The van der Waals surface area contributed by atoms with Crippen LogP contribution in [-0.4, -0.2) is 33.0 Å². The Morgan fingerprint density at radius 3 is 2.59 bits per heavy atom. The van der Waals surface area contributed by atoms with Crippen LogP contribution in [0, 0.1) is 11.3 Å². The molecule has 1 aliphatic rings. The van der Waals surface area contributed by atoms with Crippen molar-refractivity contribution < 1.29 is 4.74 Å². The summed E-state index contributed by atoms with van der Waals surface area (Å²) in [6, 6.07) is 18.4. The molecule has 1 aliphatic heterocycles. The molecule has 0 aliphatic carbocycles. The van der Waals surface area contributed by atoms with Crippen molar-refractivity contribution in [2.45, 2.75) is 19.4 Å². The third-order valence-corrected chi connectivity index (χ3v) is 5.55. The molecule has 3 rings (SSSR count). The summed E-state index contributed by atoms with van der Waals surface area (Å²) in [6.45, 7) is 4.68. The van der Waals surface area contributed by atoms with Gasteiger partial charge in [-0.2, -0.15) is 0 Å². The van der Waals surface area contributed by atoms with Gasteiger partial charge in [0.1, 0.15) is 0 Å². The molecule has 2 aromatic carbocycles. The second kappa shape index (κ2) is 5.96. The molecule has 0 fully saturated rings. The third-order valence-electron chi connectivity index (χ3n) is 3.28. The minimum atomic E-state index is -0.199. The summed E-state index contributed by atoms with van der Waals surface area (Å²) in [4.78, 5) is 4.66. The second-order valence-electron chi connectivity index (χ2n) is 5.76. The summed E-state index contributed by atoms with van der Waals surface area (Å²) in [6.07, 6.45) is 0. The van der Waals surface area contributed by atoms with Gasteiger partial charge >= 0.3 is 136 Å². The Morgan fingerprint density at radius 1 is 1.18 bits per heavy atom. The van der Waals surface area contributed by atoms with Gasteiger partial charge in [-0.05, 0) is 0 Å². The number of aliphatic imine (C=N–C) groups is 1. The van der Waals surface area contributed by atoms with Crippen molar-refractivity contribution in [1.82, 2.24) is 0 Å². The average molecular weight is 355 g/mol. The molecule has 0 atom stereocenters. The number of nitriles is 1. The zero-order valence-corrected chi connectivity index (χ0v) is 14.2. The van der Waals surface area contributed by atoms with Crippen LogP contribution in [0.3, 0.4) is 0 Å². The molecule has 110 valence electrons. The van der Waals surface area contributed by atoms with E-state index in [0.717, 1.165) is 5.56 Å². The van der Waals surface area contributed by atoms with Crippen molar-refractivity contribution in [2.75, 3.05) is 6.61 Å². The Balaban J connectivity index is 2.02. The van der Waals surface area contributed by atoms with E-state index in [-0.39, 0.29) is 20.5 Å². The Labute approximate surface area is 136 Å². The van der Waals surface area contributed by atoms with Gasteiger partial charge in [0, 0.05) is 0 Å². The SMILES string of the molecule is CC1(C)COC(c2cc(C#N)ccc2[Se]c2ccccc2)=N1. The van der Waals surface area contributed by atoms with E-state index in [1.165, 1.54) is 8.92 Å². The van der Waals surface area contributed by atoms with Crippen molar-refractivity contribution in [3.8, 4) is 6.07 Å². The Morgan fingerprint density at radius 2 is 1.95 bits per heavy atom. The summed E-state index contributed by atoms with van der Waals surface area (Å²) < 4.78 is 8.26. The maximum absolute atomic E-state index is 9.16. The van der Waals surface area contributed by atoms with Crippen molar-refractivity contribution in [3.63, 3.8) is 0 Å². The Hall–Kier alpha value is -2.08. The van der Waals surface area contributed by atoms with Gasteiger partial charge in [-0.1, -0.05) is 0 Å². The summed E-state index contributed by atoms with van der Waals surface area (Å²) in [7, 11) is 0. The van der Waals surface area contributed by atoms with E-state index in [4.69, 9.17) is 10.00 Å². The van der Waals surface area contributed by atoms with Gasteiger partial charge < -0.3 is 0 Å². The van der Waals surface area contributed by atoms with E-state index in [1.807, 2.05) is 36.4 Å². The van der Waals surface area contributed by atoms with Crippen LogP contribution in [0.25, 0.3) is 0 Å². The van der Waals surface area contributed by atoms with Crippen molar-refractivity contribution in [2.24, 2.45) is 4.99 Å². The first-order valence-electron chi connectivity index (χ1n) is 7.07. The molecule has 22 heavy (non-hydrogen) atoms. The van der Waals surface area contributed by atoms with E-state index in [0.29, 0.717) is 18.1 Å². The number of ether oxygens (including phenoxy) is 1. The Kier molecular flexibility index (Phi) is 4.02. The molecular weight excluding hydrogens is 339 g/mol. The Bertz CT molecular complexity index is 760. The van der Waals surface area contributed by atoms with E-state index >= 15 is 0 Å². The molecule has 0 aromatic heterocycles. The molecule has 4 heteroatoms. The molecule has 2 aromatic rings. The van der Waals surface area contributed by atoms with Crippen LogP contribution >= 0.6 is 0 Å². The quantitative estimate of drug-likeness (QED) is 0.788. The van der Waals surface area contributed by atoms with Crippen LogP contribution in [0.1, 0.15) is 25.0 Å². The summed E-state index contributed by atoms with van der Waals surface area (Å²) in [5.74, 6) is 0.662. The second-order valence-corrected chi connectivity index (χ2v) is 8.10. The van der Waals surface area contributed by atoms with Gasteiger partial charge in [-0.25, -0.2) is 0 Å². The zero-order valence-electron chi connectivity index (χ0n) is 12.5. The van der Waals surface area contributed by atoms with Crippen molar-refractivity contribution in [3.05, 3.63) is 59.7 Å². The number of hydrogen-bond acceptors (Lipinski definition) is 3. The molecular formula is C18H16N2OSe. The first kappa shape index (κ1) is 14.8. The zero-order chi connectivity index (χ0) is 15.6. The van der Waals surface area contributed by atoms with Crippen LogP contribution in [0.4, 0.5) is 0 Å². The van der Waals surface area contributed by atoms with E-state index in [2.05, 4.69) is 37.0 Å². The number of nitrogens with zero attached hydrogens (tertiary/aromatic N) is 2. The molecule has 0 saturated carbocycles. The van der Waals surface area contributed by atoms with Crippen molar-refractivity contribution in [1.29, 1.82) is 5.26 Å². The van der Waals surface area contributed by atoms with Gasteiger partial charge in [0.15, 0.2) is 0 Å². The van der Waals surface area contributed by atoms with Gasteiger partial charge in [-0.15, -0.1) is 0 Å². The normalized spacial score (nSPS) is 15.8. The van der Waals surface area contributed by atoms with Gasteiger partial charge in [0.25, 0.3) is 0 Å². The van der Waals surface area contributed by atoms with E-state index < -0.39 is 0 Å². The summed E-state index contributed by atoms with van der Waals surface area (Å²) in [5, 5.41) is 9.16. The van der Waals surface area contributed by atoms with Gasteiger partial charge in [0.05, 0.1) is 0 Å². The molecule has 1 heterocycles. The summed E-state index contributed by atoms with van der Waals surface area (Å²) >= 11 is 0.156.